The van der Waals surface area contributed by atoms with Crippen molar-refractivity contribution in [1.82, 2.24) is 0 Å². The second-order valence-corrected chi connectivity index (χ2v) is 3.95. The number of carbonyl (C=O) groups excluding carboxylic acids is 1. The van der Waals surface area contributed by atoms with Crippen LogP contribution in [0.2, 0.25) is 5.02 Å². The lowest BCUT2D eigenvalue weighted by Crippen LogP contribution is -2.29. The first-order valence-corrected chi connectivity index (χ1v) is 4.56. The third kappa shape index (κ3) is 1.44. The Morgan fingerprint density at radius 3 is 2.43 bits per heavy atom. The van der Waals surface area contributed by atoms with Gasteiger partial charge >= 0.3 is 0 Å². The minimum absolute atomic E-state index is 0.375. The van der Waals surface area contributed by atoms with Gasteiger partial charge in [0.1, 0.15) is 0 Å². The maximum Gasteiger partial charge on any atom is 0.246 e. The van der Waals surface area contributed by atoms with Crippen LogP contribution >= 0.6 is 11.6 Å². The van der Waals surface area contributed by atoms with Crippen molar-refractivity contribution in [1.29, 1.82) is 0 Å². The zero-order valence-electron chi connectivity index (χ0n) is 7.83. The molecule has 1 aliphatic rings. The average Bonchev–Trinajstić information content (AvgIpc) is 2.36. The molecule has 0 saturated carbocycles. The maximum atomic E-state index is 10.6. The Kier molecular flexibility index (Phi) is 1.93. The van der Waals surface area contributed by atoms with Crippen molar-refractivity contribution < 1.29 is 14.3 Å². The third-order valence-corrected chi connectivity index (χ3v) is 2.23. The number of rotatable bonds is 1. The van der Waals surface area contributed by atoms with Gasteiger partial charge in [0.25, 0.3) is 0 Å². The standard InChI is InChI=1S/C10H9ClO3/c1-10(2)13-8-3-6(5-12)7(11)4-9(8)14-10/h3-5H,1-2H3. The molecule has 1 aromatic carbocycles. The third-order valence-electron chi connectivity index (χ3n) is 1.90. The van der Waals surface area contributed by atoms with E-state index < -0.39 is 5.79 Å². The summed E-state index contributed by atoms with van der Waals surface area (Å²) in [6.07, 6.45) is 0.692. The number of carbonyl (C=O) groups is 1. The van der Waals surface area contributed by atoms with E-state index in [0.29, 0.717) is 28.4 Å². The molecule has 3 nitrogen and oxygen atoms in total. The number of aldehydes is 1. The van der Waals surface area contributed by atoms with Crippen LogP contribution < -0.4 is 9.47 Å². The maximum absolute atomic E-state index is 10.6. The smallest absolute Gasteiger partial charge is 0.246 e. The van der Waals surface area contributed by atoms with Crippen molar-refractivity contribution in [2.75, 3.05) is 0 Å². The molecule has 0 N–H and O–H groups in total. The van der Waals surface area contributed by atoms with Crippen LogP contribution in [0.3, 0.4) is 0 Å². The molecule has 0 radical (unpaired) electrons. The molecule has 1 aliphatic heterocycles. The first kappa shape index (κ1) is 9.34. The van der Waals surface area contributed by atoms with Gasteiger partial charge in [0, 0.05) is 25.5 Å². The number of halogens is 1. The first-order chi connectivity index (χ1) is 6.52. The lowest BCUT2D eigenvalue weighted by Gasteiger charge is -2.16. The minimum Gasteiger partial charge on any atom is -0.449 e. The molecule has 14 heavy (non-hydrogen) atoms. The number of ether oxygens (including phenoxy) is 2. The van der Waals surface area contributed by atoms with E-state index in [0.717, 1.165) is 0 Å². The van der Waals surface area contributed by atoms with E-state index in [1.165, 1.54) is 0 Å². The number of hydrogen-bond acceptors (Lipinski definition) is 3. The molecule has 0 bridgehead atoms. The van der Waals surface area contributed by atoms with Crippen molar-refractivity contribution in [2.24, 2.45) is 0 Å². The molecular weight excluding hydrogens is 204 g/mol. The van der Waals surface area contributed by atoms with E-state index >= 15 is 0 Å². The largest absolute Gasteiger partial charge is 0.449 e. The van der Waals surface area contributed by atoms with Crippen LogP contribution in [0.25, 0.3) is 0 Å². The van der Waals surface area contributed by atoms with Gasteiger partial charge in [0.2, 0.25) is 5.79 Å². The highest BCUT2D eigenvalue weighted by Crippen LogP contribution is 2.41. The summed E-state index contributed by atoms with van der Waals surface area (Å²) in [6.45, 7) is 3.59. The average molecular weight is 213 g/mol. The number of benzene rings is 1. The SMILES string of the molecule is CC1(C)Oc2cc(Cl)c(C=O)cc2O1. The normalized spacial score (nSPS) is 16.8. The summed E-state index contributed by atoms with van der Waals surface area (Å²) in [6, 6.07) is 3.18. The van der Waals surface area contributed by atoms with Crippen molar-refractivity contribution in [3.8, 4) is 11.5 Å². The van der Waals surface area contributed by atoms with Crippen molar-refractivity contribution >= 4 is 17.9 Å². The molecule has 1 aromatic rings. The molecule has 2 rings (SSSR count). The Labute approximate surface area is 86.6 Å². The van der Waals surface area contributed by atoms with Crippen LogP contribution in [-0.2, 0) is 0 Å². The highest BCUT2D eigenvalue weighted by molar-refractivity contribution is 6.33. The van der Waals surface area contributed by atoms with Crippen LogP contribution in [0.5, 0.6) is 11.5 Å². The lowest BCUT2D eigenvalue weighted by atomic mass is 10.2. The van der Waals surface area contributed by atoms with Gasteiger partial charge in [0.05, 0.1) is 5.02 Å². The van der Waals surface area contributed by atoms with E-state index in [4.69, 9.17) is 21.1 Å². The molecule has 0 amide bonds. The second kappa shape index (κ2) is 2.89. The number of fused-ring (bicyclic) bond motifs is 1. The highest BCUT2D eigenvalue weighted by atomic mass is 35.5. The molecule has 0 fully saturated rings. The number of hydrogen-bond donors (Lipinski definition) is 0. The first-order valence-electron chi connectivity index (χ1n) is 4.18. The molecule has 1 heterocycles. The lowest BCUT2D eigenvalue weighted by molar-refractivity contribution is -0.0431. The summed E-state index contributed by atoms with van der Waals surface area (Å²) in [7, 11) is 0. The fourth-order valence-corrected chi connectivity index (χ4v) is 1.55. The molecule has 0 unspecified atom stereocenters. The second-order valence-electron chi connectivity index (χ2n) is 3.54. The Morgan fingerprint density at radius 1 is 1.29 bits per heavy atom. The van der Waals surface area contributed by atoms with Gasteiger partial charge < -0.3 is 9.47 Å². The summed E-state index contributed by atoms with van der Waals surface area (Å²) in [5.41, 5.74) is 0.409. The monoisotopic (exact) mass is 212 g/mol. The van der Waals surface area contributed by atoms with Crippen LogP contribution in [0.1, 0.15) is 24.2 Å². The summed E-state index contributed by atoms with van der Waals surface area (Å²) in [4.78, 5) is 10.6. The van der Waals surface area contributed by atoms with Gasteiger partial charge in [-0.25, -0.2) is 0 Å². The van der Waals surface area contributed by atoms with Gasteiger partial charge in [-0.15, -0.1) is 0 Å². The Balaban J connectivity index is 2.49. The van der Waals surface area contributed by atoms with Crippen molar-refractivity contribution in [3.63, 3.8) is 0 Å². The van der Waals surface area contributed by atoms with E-state index in [9.17, 15) is 4.79 Å². The zero-order chi connectivity index (χ0) is 10.3. The summed E-state index contributed by atoms with van der Waals surface area (Å²) >= 11 is 5.83. The van der Waals surface area contributed by atoms with Crippen molar-refractivity contribution in [3.05, 3.63) is 22.7 Å². The van der Waals surface area contributed by atoms with Gasteiger partial charge in [-0.1, -0.05) is 11.6 Å². The Bertz CT molecular complexity index is 399. The van der Waals surface area contributed by atoms with Crippen molar-refractivity contribution in [2.45, 2.75) is 19.6 Å². The zero-order valence-corrected chi connectivity index (χ0v) is 8.59. The molecule has 0 spiro atoms. The Morgan fingerprint density at radius 2 is 1.86 bits per heavy atom. The van der Waals surface area contributed by atoms with Gasteiger partial charge in [0.15, 0.2) is 17.8 Å². The fourth-order valence-electron chi connectivity index (χ4n) is 1.35. The molecule has 0 saturated heterocycles. The van der Waals surface area contributed by atoms with Crippen LogP contribution in [0.4, 0.5) is 0 Å². The Hall–Kier alpha value is -1.22. The molecule has 0 aliphatic carbocycles. The fraction of sp³-hybridized carbons (Fsp3) is 0.300. The molecule has 74 valence electrons. The topological polar surface area (TPSA) is 35.5 Å². The van der Waals surface area contributed by atoms with E-state index in [-0.39, 0.29) is 0 Å². The van der Waals surface area contributed by atoms with E-state index in [2.05, 4.69) is 0 Å². The van der Waals surface area contributed by atoms with E-state index in [1.807, 2.05) is 0 Å². The summed E-state index contributed by atoms with van der Waals surface area (Å²) in [5, 5.41) is 0.375. The van der Waals surface area contributed by atoms with Gasteiger partial charge in [-0.05, 0) is 6.07 Å². The van der Waals surface area contributed by atoms with Crippen LogP contribution in [-0.4, -0.2) is 12.1 Å². The van der Waals surface area contributed by atoms with Gasteiger partial charge in [-0.3, -0.25) is 4.79 Å². The highest BCUT2D eigenvalue weighted by Gasteiger charge is 2.32. The van der Waals surface area contributed by atoms with E-state index in [1.54, 1.807) is 26.0 Å². The quantitative estimate of drug-likeness (QED) is 0.672. The minimum atomic E-state index is -0.687. The molecule has 0 atom stereocenters. The predicted molar refractivity (Wildman–Crippen MR) is 52.2 cm³/mol. The van der Waals surface area contributed by atoms with Crippen LogP contribution in [0.15, 0.2) is 12.1 Å². The van der Waals surface area contributed by atoms with Gasteiger partial charge in [-0.2, -0.15) is 0 Å². The van der Waals surface area contributed by atoms with Crippen LogP contribution in [0, 0.1) is 0 Å². The molecule has 4 heteroatoms. The summed E-state index contributed by atoms with van der Waals surface area (Å²) < 4.78 is 10.9. The molecule has 0 aromatic heterocycles. The molecular formula is C10H9ClO3. The predicted octanol–water partition coefficient (Wildman–Crippen LogP) is 2.66. The summed E-state index contributed by atoms with van der Waals surface area (Å²) in [5.74, 6) is 0.444.